The molecule has 2 rings (SSSR count). The van der Waals surface area contributed by atoms with Crippen LogP contribution in [0.3, 0.4) is 0 Å². The molecule has 0 aliphatic rings. The number of nitrogen functional groups attached to an aromatic ring is 1. The van der Waals surface area contributed by atoms with E-state index in [1.54, 1.807) is 24.3 Å². The van der Waals surface area contributed by atoms with Crippen molar-refractivity contribution >= 4 is 53.3 Å². The van der Waals surface area contributed by atoms with Gasteiger partial charge in [0, 0.05) is 20.3 Å². The molecule has 0 saturated heterocycles. The molecule has 0 spiro atoms. The van der Waals surface area contributed by atoms with Gasteiger partial charge in [0.1, 0.15) is 4.90 Å². The first-order valence-electron chi connectivity index (χ1n) is 5.63. The first-order valence-corrected chi connectivity index (χ1v) is 8.70. The van der Waals surface area contributed by atoms with Crippen molar-refractivity contribution < 1.29 is 8.42 Å². The van der Waals surface area contributed by atoms with Crippen LogP contribution in [-0.4, -0.2) is 8.42 Å². The van der Waals surface area contributed by atoms with Gasteiger partial charge in [-0.1, -0.05) is 22.0 Å². The molecule has 0 heterocycles. The lowest BCUT2D eigenvalue weighted by molar-refractivity contribution is 0.601. The van der Waals surface area contributed by atoms with E-state index in [0.29, 0.717) is 15.8 Å². The number of halogens is 2. The minimum Gasteiger partial charge on any atom is -0.399 e. The molecule has 0 aromatic heterocycles. The Morgan fingerprint density at radius 3 is 2.40 bits per heavy atom. The molecule has 0 unspecified atom stereocenters. The molecular formula is C13H12Br2N2O2S. The monoisotopic (exact) mass is 418 g/mol. The van der Waals surface area contributed by atoms with Crippen LogP contribution in [-0.2, 0) is 10.0 Å². The van der Waals surface area contributed by atoms with Crippen molar-refractivity contribution in [2.45, 2.75) is 11.8 Å². The van der Waals surface area contributed by atoms with Crippen LogP contribution in [0.25, 0.3) is 0 Å². The Morgan fingerprint density at radius 2 is 1.75 bits per heavy atom. The molecule has 0 saturated carbocycles. The number of hydrogen-bond donors (Lipinski definition) is 2. The van der Waals surface area contributed by atoms with E-state index in [1.165, 1.54) is 6.07 Å². The molecule has 0 radical (unpaired) electrons. The van der Waals surface area contributed by atoms with E-state index < -0.39 is 10.0 Å². The first kappa shape index (κ1) is 15.3. The van der Waals surface area contributed by atoms with Crippen molar-refractivity contribution in [2.75, 3.05) is 10.5 Å². The summed E-state index contributed by atoms with van der Waals surface area (Å²) in [4.78, 5) is 0.106. The predicted molar refractivity (Wildman–Crippen MR) is 88.2 cm³/mol. The zero-order valence-corrected chi connectivity index (χ0v) is 14.5. The molecule has 3 N–H and O–H groups in total. The summed E-state index contributed by atoms with van der Waals surface area (Å²) in [6.07, 6.45) is 0. The lowest BCUT2D eigenvalue weighted by Crippen LogP contribution is -2.14. The smallest absolute Gasteiger partial charge is 0.263 e. The quantitative estimate of drug-likeness (QED) is 0.741. The Bertz CT molecular complexity index is 761. The Morgan fingerprint density at radius 1 is 1.05 bits per heavy atom. The summed E-state index contributed by atoms with van der Waals surface area (Å²) in [6.45, 7) is 1.93. The van der Waals surface area contributed by atoms with E-state index in [1.807, 2.05) is 13.0 Å². The van der Waals surface area contributed by atoms with Gasteiger partial charge in [-0.25, -0.2) is 8.42 Å². The van der Waals surface area contributed by atoms with Crippen LogP contribution in [0, 0.1) is 6.92 Å². The molecule has 2 aromatic rings. The minimum atomic E-state index is -3.69. The number of benzene rings is 2. The van der Waals surface area contributed by atoms with Crippen LogP contribution in [0.4, 0.5) is 11.4 Å². The highest BCUT2D eigenvalue weighted by molar-refractivity contribution is 9.10. The van der Waals surface area contributed by atoms with E-state index in [0.717, 1.165) is 10.0 Å². The topological polar surface area (TPSA) is 72.2 Å². The Labute approximate surface area is 134 Å². The second-order valence-corrected chi connectivity index (χ2v) is 7.62. The van der Waals surface area contributed by atoms with Crippen molar-refractivity contribution in [1.29, 1.82) is 0 Å². The number of aryl methyl sites for hydroxylation is 1. The fraction of sp³-hybridized carbons (Fsp3) is 0.0769. The van der Waals surface area contributed by atoms with Gasteiger partial charge in [-0.3, -0.25) is 4.72 Å². The summed E-state index contributed by atoms with van der Waals surface area (Å²) in [5, 5.41) is 0. The van der Waals surface area contributed by atoms with E-state index >= 15 is 0 Å². The molecule has 2 aromatic carbocycles. The average Bonchev–Trinajstić information content (AvgIpc) is 2.36. The highest BCUT2D eigenvalue weighted by Crippen LogP contribution is 2.27. The van der Waals surface area contributed by atoms with Crippen molar-refractivity contribution in [2.24, 2.45) is 0 Å². The van der Waals surface area contributed by atoms with Crippen LogP contribution in [0.15, 0.2) is 50.2 Å². The van der Waals surface area contributed by atoms with Crippen LogP contribution in [0.2, 0.25) is 0 Å². The van der Waals surface area contributed by atoms with E-state index in [9.17, 15) is 8.42 Å². The van der Waals surface area contributed by atoms with Gasteiger partial charge in [0.15, 0.2) is 0 Å². The summed E-state index contributed by atoms with van der Waals surface area (Å²) in [5.41, 5.74) is 7.54. The summed E-state index contributed by atoms with van der Waals surface area (Å²) in [5.74, 6) is 0. The largest absolute Gasteiger partial charge is 0.399 e. The molecule has 0 aliphatic heterocycles. The third-order valence-electron chi connectivity index (χ3n) is 2.67. The lowest BCUT2D eigenvalue weighted by atomic mass is 10.2. The van der Waals surface area contributed by atoms with Crippen molar-refractivity contribution in [3.05, 3.63) is 50.9 Å². The zero-order valence-electron chi connectivity index (χ0n) is 10.5. The number of anilines is 2. The first-order chi connectivity index (χ1) is 9.29. The molecule has 7 heteroatoms. The Kier molecular flexibility index (Phi) is 4.41. The minimum absolute atomic E-state index is 0.106. The lowest BCUT2D eigenvalue weighted by Gasteiger charge is -2.11. The summed E-state index contributed by atoms with van der Waals surface area (Å²) in [6, 6.07) is 9.90. The molecule has 0 atom stereocenters. The maximum absolute atomic E-state index is 12.4. The zero-order chi connectivity index (χ0) is 14.9. The van der Waals surface area contributed by atoms with E-state index in [4.69, 9.17) is 5.73 Å². The van der Waals surface area contributed by atoms with E-state index in [2.05, 4.69) is 36.6 Å². The number of hydrogen-bond acceptors (Lipinski definition) is 3. The van der Waals surface area contributed by atoms with Gasteiger partial charge in [0.05, 0.1) is 0 Å². The summed E-state index contributed by atoms with van der Waals surface area (Å²) < 4.78 is 28.5. The van der Waals surface area contributed by atoms with Crippen LogP contribution in [0.5, 0.6) is 0 Å². The van der Waals surface area contributed by atoms with Crippen LogP contribution < -0.4 is 10.5 Å². The normalized spacial score (nSPS) is 11.3. The van der Waals surface area contributed by atoms with Crippen molar-refractivity contribution in [1.82, 2.24) is 0 Å². The second-order valence-electron chi connectivity index (χ2n) is 4.26. The molecule has 4 nitrogen and oxygen atoms in total. The van der Waals surface area contributed by atoms with Crippen molar-refractivity contribution in [3.63, 3.8) is 0 Å². The number of nitrogens with one attached hydrogen (secondary N) is 1. The third-order valence-corrected chi connectivity index (χ3v) is 5.90. The van der Waals surface area contributed by atoms with Crippen molar-refractivity contribution in [3.8, 4) is 0 Å². The number of rotatable bonds is 3. The molecule has 0 fully saturated rings. The van der Waals surface area contributed by atoms with Gasteiger partial charge in [-0.15, -0.1) is 0 Å². The summed E-state index contributed by atoms with van der Waals surface area (Å²) >= 11 is 6.59. The fourth-order valence-corrected chi connectivity index (χ4v) is 4.02. The highest BCUT2D eigenvalue weighted by Gasteiger charge is 2.18. The number of sulfonamides is 1. The van der Waals surface area contributed by atoms with Crippen LogP contribution in [0.1, 0.15) is 5.56 Å². The molecular weight excluding hydrogens is 408 g/mol. The van der Waals surface area contributed by atoms with E-state index in [-0.39, 0.29) is 4.90 Å². The van der Waals surface area contributed by atoms with Gasteiger partial charge >= 0.3 is 0 Å². The maximum atomic E-state index is 12.4. The van der Waals surface area contributed by atoms with Gasteiger partial charge in [0.2, 0.25) is 0 Å². The molecule has 0 amide bonds. The molecule has 0 aliphatic carbocycles. The average molecular weight is 420 g/mol. The Hall–Kier alpha value is -1.05. The number of nitrogens with two attached hydrogens (primary N) is 1. The highest BCUT2D eigenvalue weighted by atomic mass is 79.9. The van der Waals surface area contributed by atoms with Crippen LogP contribution >= 0.6 is 31.9 Å². The second kappa shape index (κ2) is 5.75. The van der Waals surface area contributed by atoms with Gasteiger partial charge in [0.25, 0.3) is 10.0 Å². The fourth-order valence-electron chi connectivity index (χ4n) is 1.59. The SMILES string of the molecule is Cc1ccc(NS(=O)(=O)c2cc(N)ccc2Br)cc1Br. The standard InChI is InChI=1S/C13H12Br2N2O2S/c1-8-2-4-10(7-12(8)15)17-20(18,19)13-6-9(16)3-5-11(13)14/h2-7,17H,16H2,1H3. The molecule has 0 bridgehead atoms. The third kappa shape index (κ3) is 3.34. The van der Waals surface area contributed by atoms with Gasteiger partial charge in [-0.05, 0) is 58.7 Å². The maximum Gasteiger partial charge on any atom is 0.263 e. The Balaban J connectivity index is 2.40. The predicted octanol–water partition coefficient (Wildman–Crippen LogP) is 3.90. The van der Waals surface area contributed by atoms with Gasteiger partial charge < -0.3 is 5.73 Å². The summed E-state index contributed by atoms with van der Waals surface area (Å²) in [7, 11) is -3.69. The van der Waals surface area contributed by atoms with Gasteiger partial charge in [-0.2, -0.15) is 0 Å². The molecule has 20 heavy (non-hydrogen) atoms. The molecule has 106 valence electrons.